The first-order chi connectivity index (χ1) is 10.0. The highest BCUT2D eigenvalue weighted by atomic mass is 35.5. The van der Waals surface area contributed by atoms with Crippen molar-refractivity contribution in [1.82, 2.24) is 9.88 Å². The number of nitrogens with zero attached hydrogens (tertiary/aromatic N) is 1. The van der Waals surface area contributed by atoms with Crippen molar-refractivity contribution in [3.63, 3.8) is 0 Å². The highest BCUT2D eigenvalue weighted by molar-refractivity contribution is 6.30. The van der Waals surface area contributed by atoms with Crippen molar-refractivity contribution in [3.05, 3.63) is 51.8 Å². The third-order valence-electron chi connectivity index (χ3n) is 3.97. The maximum atomic E-state index is 6.17. The van der Waals surface area contributed by atoms with Crippen LogP contribution in [0.5, 0.6) is 0 Å². The molecule has 0 aliphatic carbocycles. The number of nitrogens with one attached hydrogen (secondary N) is 1. The fraction of sp³-hybridized carbons (Fsp3) is 0.444. The number of hydrogen-bond donors (Lipinski definition) is 1. The average molecular weight is 305 g/mol. The Labute approximate surface area is 133 Å². The van der Waals surface area contributed by atoms with E-state index in [1.165, 1.54) is 41.0 Å². The van der Waals surface area contributed by atoms with E-state index in [0.29, 0.717) is 0 Å². The molecule has 0 bridgehead atoms. The molecule has 3 heteroatoms. The standard InChI is InChI=1S/C18H25ClN2/c1-5-6-9-20-12-16-10-14(3)21(15(16)4)18-11-17(19)8-7-13(18)2/h7-8,10-11,20H,5-6,9,12H2,1-4H3. The lowest BCUT2D eigenvalue weighted by Gasteiger charge is -2.13. The molecule has 2 aromatic rings. The minimum absolute atomic E-state index is 0.783. The van der Waals surface area contributed by atoms with Crippen LogP contribution < -0.4 is 5.32 Å². The lowest BCUT2D eigenvalue weighted by molar-refractivity contribution is 0.639. The SMILES string of the molecule is CCCCNCc1cc(C)n(-c2cc(Cl)ccc2C)c1C. The van der Waals surface area contributed by atoms with E-state index in [0.717, 1.165) is 18.1 Å². The summed E-state index contributed by atoms with van der Waals surface area (Å²) in [6.45, 7) is 10.7. The number of halogens is 1. The zero-order chi connectivity index (χ0) is 15.4. The number of aryl methyl sites for hydroxylation is 2. The van der Waals surface area contributed by atoms with Gasteiger partial charge in [0.1, 0.15) is 0 Å². The van der Waals surface area contributed by atoms with Gasteiger partial charge in [0.15, 0.2) is 0 Å². The van der Waals surface area contributed by atoms with Gasteiger partial charge in [-0.1, -0.05) is 31.0 Å². The summed E-state index contributed by atoms with van der Waals surface area (Å²) in [5.74, 6) is 0. The van der Waals surface area contributed by atoms with Crippen molar-refractivity contribution in [3.8, 4) is 5.69 Å². The van der Waals surface area contributed by atoms with Gasteiger partial charge in [-0.25, -0.2) is 0 Å². The topological polar surface area (TPSA) is 17.0 Å². The lowest BCUT2D eigenvalue weighted by Crippen LogP contribution is -2.15. The predicted octanol–water partition coefficient (Wildman–Crippen LogP) is 4.95. The molecule has 0 aliphatic heterocycles. The Bertz CT molecular complexity index is 614. The number of rotatable bonds is 6. The molecule has 21 heavy (non-hydrogen) atoms. The summed E-state index contributed by atoms with van der Waals surface area (Å²) >= 11 is 6.17. The summed E-state index contributed by atoms with van der Waals surface area (Å²) in [5.41, 5.74) is 6.33. The largest absolute Gasteiger partial charge is 0.318 e. The van der Waals surface area contributed by atoms with E-state index in [4.69, 9.17) is 11.6 Å². The molecule has 0 spiro atoms. The second-order valence-electron chi connectivity index (χ2n) is 5.69. The summed E-state index contributed by atoms with van der Waals surface area (Å²) in [7, 11) is 0. The van der Waals surface area contributed by atoms with Crippen molar-refractivity contribution in [2.45, 2.75) is 47.1 Å². The van der Waals surface area contributed by atoms with E-state index < -0.39 is 0 Å². The van der Waals surface area contributed by atoms with Crippen LogP contribution >= 0.6 is 11.6 Å². The zero-order valence-electron chi connectivity index (χ0n) is 13.5. The summed E-state index contributed by atoms with van der Waals surface area (Å²) in [4.78, 5) is 0. The maximum absolute atomic E-state index is 6.17. The van der Waals surface area contributed by atoms with Gasteiger partial charge in [0.25, 0.3) is 0 Å². The van der Waals surface area contributed by atoms with Crippen molar-refractivity contribution in [2.24, 2.45) is 0 Å². The molecule has 2 nitrogen and oxygen atoms in total. The van der Waals surface area contributed by atoms with Crippen LogP contribution in [0.25, 0.3) is 5.69 Å². The van der Waals surface area contributed by atoms with Gasteiger partial charge in [0, 0.05) is 28.6 Å². The summed E-state index contributed by atoms with van der Waals surface area (Å²) in [6.07, 6.45) is 2.46. The molecule has 0 saturated carbocycles. The molecule has 0 amide bonds. The van der Waals surface area contributed by atoms with Gasteiger partial charge in [-0.2, -0.15) is 0 Å². The molecule has 0 aliphatic rings. The van der Waals surface area contributed by atoms with Gasteiger partial charge in [-0.3, -0.25) is 0 Å². The molecular formula is C18H25ClN2. The minimum atomic E-state index is 0.783. The molecule has 1 aromatic heterocycles. The fourth-order valence-electron chi connectivity index (χ4n) is 2.73. The highest BCUT2D eigenvalue weighted by Crippen LogP contribution is 2.25. The Morgan fingerprint density at radius 2 is 1.90 bits per heavy atom. The van der Waals surface area contributed by atoms with Crippen LogP contribution in [0.15, 0.2) is 24.3 Å². The summed E-state index contributed by atoms with van der Waals surface area (Å²) < 4.78 is 2.30. The molecule has 0 atom stereocenters. The summed E-state index contributed by atoms with van der Waals surface area (Å²) in [5, 5.41) is 4.31. The Kier molecular flexibility index (Phi) is 5.49. The number of benzene rings is 1. The number of unbranched alkanes of at least 4 members (excludes halogenated alkanes) is 1. The number of aromatic nitrogens is 1. The van der Waals surface area contributed by atoms with E-state index in [1.54, 1.807) is 0 Å². The molecule has 0 radical (unpaired) electrons. The molecule has 2 rings (SSSR count). The monoisotopic (exact) mass is 304 g/mol. The first kappa shape index (κ1) is 16.1. The first-order valence-electron chi connectivity index (χ1n) is 7.69. The molecular weight excluding hydrogens is 280 g/mol. The zero-order valence-corrected chi connectivity index (χ0v) is 14.2. The fourth-order valence-corrected chi connectivity index (χ4v) is 2.89. The van der Waals surface area contributed by atoms with Gasteiger partial charge >= 0.3 is 0 Å². The minimum Gasteiger partial charge on any atom is -0.318 e. The first-order valence-corrected chi connectivity index (χ1v) is 8.07. The average Bonchev–Trinajstić information content (AvgIpc) is 2.73. The number of hydrogen-bond acceptors (Lipinski definition) is 1. The Hall–Kier alpha value is -1.25. The predicted molar refractivity (Wildman–Crippen MR) is 91.6 cm³/mol. The second-order valence-corrected chi connectivity index (χ2v) is 6.13. The molecule has 1 heterocycles. The third kappa shape index (κ3) is 3.69. The second kappa shape index (κ2) is 7.15. The molecule has 1 N–H and O–H groups in total. The quantitative estimate of drug-likeness (QED) is 0.748. The van der Waals surface area contributed by atoms with Crippen LogP contribution in [0.3, 0.4) is 0 Å². The van der Waals surface area contributed by atoms with Gasteiger partial charge in [-0.15, -0.1) is 0 Å². The van der Waals surface area contributed by atoms with Crippen LogP contribution in [0.4, 0.5) is 0 Å². The van der Waals surface area contributed by atoms with Gasteiger partial charge in [0.05, 0.1) is 0 Å². The van der Waals surface area contributed by atoms with E-state index >= 15 is 0 Å². The normalized spacial score (nSPS) is 11.1. The lowest BCUT2D eigenvalue weighted by atomic mass is 10.2. The van der Waals surface area contributed by atoms with Crippen LogP contribution in [0.2, 0.25) is 5.02 Å². The highest BCUT2D eigenvalue weighted by Gasteiger charge is 2.12. The van der Waals surface area contributed by atoms with Crippen LogP contribution in [-0.2, 0) is 6.54 Å². The molecule has 0 saturated heterocycles. The molecule has 0 fully saturated rings. The third-order valence-corrected chi connectivity index (χ3v) is 4.21. The Balaban J connectivity index is 2.28. The van der Waals surface area contributed by atoms with E-state index in [-0.39, 0.29) is 0 Å². The molecule has 114 valence electrons. The van der Waals surface area contributed by atoms with Crippen molar-refractivity contribution in [1.29, 1.82) is 0 Å². The molecule has 1 aromatic carbocycles. The Morgan fingerprint density at radius 3 is 2.62 bits per heavy atom. The van der Waals surface area contributed by atoms with Crippen molar-refractivity contribution < 1.29 is 0 Å². The maximum Gasteiger partial charge on any atom is 0.0499 e. The van der Waals surface area contributed by atoms with E-state index in [1.807, 2.05) is 12.1 Å². The Morgan fingerprint density at radius 1 is 1.14 bits per heavy atom. The van der Waals surface area contributed by atoms with Gasteiger partial charge < -0.3 is 9.88 Å². The van der Waals surface area contributed by atoms with Gasteiger partial charge in [-0.05, 0) is 63.1 Å². The van der Waals surface area contributed by atoms with Crippen LogP contribution in [0.1, 0.15) is 42.3 Å². The van der Waals surface area contributed by atoms with Crippen LogP contribution in [0, 0.1) is 20.8 Å². The van der Waals surface area contributed by atoms with E-state index in [2.05, 4.69) is 49.7 Å². The van der Waals surface area contributed by atoms with Crippen LogP contribution in [-0.4, -0.2) is 11.1 Å². The smallest absolute Gasteiger partial charge is 0.0499 e. The van der Waals surface area contributed by atoms with E-state index in [9.17, 15) is 0 Å². The van der Waals surface area contributed by atoms with Crippen molar-refractivity contribution in [2.75, 3.05) is 6.54 Å². The van der Waals surface area contributed by atoms with Crippen molar-refractivity contribution >= 4 is 11.6 Å². The molecule has 0 unspecified atom stereocenters. The van der Waals surface area contributed by atoms with Gasteiger partial charge in [0.2, 0.25) is 0 Å². The summed E-state index contributed by atoms with van der Waals surface area (Å²) in [6, 6.07) is 8.34.